The number of esters is 2. The Kier molecular flexibility index (Phi) is 26.6. The van der Waals surface area contributed by atoms with Crippen molar-refractivity contribution in [3.05, 3.63) is 84.1 Å². The zero-order valence-electron chi connectivity index (χ0n) is 52.7. The summed E-state index contributed by atoms with van der Waals surface area (Å²) in [5, 5.41) is 30.1. The first-order valence-corrected chi connectivity index (χ1v) is 35.8. The Morgan fingerprint density at radius 1 is 0.765 bits per heavy atom. The summed E-state index contributed by atoms with van der Waals surface area (Å²) in [6.45, 7) is 30.3. The topological polar surface area (TPSA) is 185 Å². The summed E-state index contributed by atoms with van der Waals surface area (Å²) in [5.41, 5.74) is -6.76. The van der Waals surface area contributed by atoms with Gasteiger partial charge in [0.2, 0.25) is 0 Å². The largest absolute Gasteiger partial charge is 0.459 e. The molecular weight excluding hydrogens is 1060 g/mol. The van der Waals surface area contributed by atoms with E-state index < -0.39 is 117 Å². The van der Waals surface area contributed by atoms with Crippen molar-refractivity contribution in [2.75, 3.05) is 13.2 Å². The van der Waals surface area contributed by atoms with Gasteiger partial charge in [-0.05, 0) is 134 Å². The molecule has 3 aliphatic carbocycles. The Morgan fingerprint density at radius 2 is 1.27 bits per heavy atom. The Labute approximate surface area is 490 Å². The molecule has 0 aromatic rings. The van der Waals surface area contributed by atoms with Crippen molar-refractivity contribution in [1.82, 2.24) is 5.32 Å². The molecule has 81 heavy (non-hydrogen) atoms. The molecule has 1 amide bonds. The van der Waals surface area contributed by atoms with Gasteiger partial charge < -0.3 is 48.1 Å². The average Bonchev–Trinajstić information content (AvgIpc) is 2.04. The van der Waals surface area contributed by atoms with Gasteiger partial charge in [-0.15, -0.1) is 0 Å². The molecule has 0 aromatic carbocycles. The minimum atomic E-state index is -2.54. The Balaban J connectivity index is 1.77. The summed E-state index contributed by atoms with van der Waals surface area (Å²) in [4.78, 5) is 57.9. The molecule has 0 aromatic heterocycles. The van der Waals surface area contributed by atoms with E-state index in [1.165, 1.54) is 6.92 Å². The summed E-state index contributed by atoms with van der Waals surface area (Å²) in [6.07, 6.45) is 24.3. The van der Waals surface area contributed by atoms with E-state index in [1.807, 2.05) is 26.0 Å². The van der Waals surface area contributed by atoms with E-state index in [0.717, 1.165) is 68.4 Å². The number of aliphatic hydroxyl groups is 2. The maximum Gasteiger partial charge on any atom is 0.407 e. The van der Waals surface area contributed by atoms with Crippen LogP contribution >= 0.6 is 0 Å². The van der Waals surface area contributed by atoms with Crippen molar-refractivity contribution < 1.29 is 61.9 Å². The van der Waals surface area contributed by atoms with E-state index in [0.29, 0.717) is 24.0 Å². The molecule has 11 atom stereocenters. The van der Waals surface area contributed by atoms with Crippen molar-refractivity contribution in [3.8, 4) is 0 Å². The molecule has 2 saturated carbocycles. The molecule has 1 heterocycles. The van der Waals surface area contributed by atoms with Gasteiger partial charge >= 0.3 is 18.0 Å². The lowest BCUT2D eigenvalue weighted by Crippen LogP contribution is -2.81. The normalized spacial score (nSPS) is 28.8. The fraction of sp³-hybridized carbons (Fsp3) is 0.723. The van der Waals surface area contributed by atoms with E-state index in [4.69, 9.17) is 32.5 Å². The fourth-order valence-corrected chi connectivity index (χ4v) is 18.7. The molecule has 1 aliphatic heterocycles. The highest BCUT2D eigenvalue weighted by Gasteiger charge is 2.77. The van der Waals surface area contributed by atoms with Crippen molar-refractivity contribution in [3.63, 3.8) is 0 Å². The van der Waals surface area contributed by atoms with E-state index in [-0.39, 0.29) is 32.5 Å². The second-order valence-electron chi connectivity index (χ2n) is 24.9. The predicted molar refractivity (Wildman–Crippen MR) is 328 cm³/mol. The number of rotatable bonds is 31. The number of carbonyl (C=O) groups is 4. The van der Waals surface area contributed by atoms with Gasteiger partial charge in [-0.2, -0.15) is 0 Å². The van der Waals surface area contributed by atoms with Crippen LogP contribution in [-0.4, -0.2) is 123 Å². The third-order valence-electron chi connectivity index (χ3n) is 18.4. The van der Waals surface area contributed by atoms with Gasteiger partial charge in [-0.1, -0.05) is 135 Å². The number of hydrogen-bond donors (Lipinski definition) is 3. The third-order valence-corrected chi connectivity index (χ3v) is 27.7. The molecule has 14 nitrogen and oxygen atoms in total. The Hall–Kier alpha value is -3.75. The zero-order valence-corrected chi connectivity index (χ0v) is 54.7. The first-order valence-electron chi connectivity index (χ1n) is 30.7. The van der Waals surface area contributed by atoms with Crippen LogP contribution in [-0.2, 0) is 46.9 Å². The SMILES string of the molecule is CC/C=C\C/C=C\C/C=C\C/C=C\C/C=C\C/C=C\CCC(=O)O[C@H]1C(=O)[C@]2(C)[C@@H](O[Si](CC)(CC)CC)C[C@H]3OC[C@@]3(O)[C@H]2[C@H](OC(C)=O)[C@]2(O)C[C@H](OC[C@H](O[Si](CC)(CC)CC)[C@H](C)NC(=O)OC(C)(C)C)C(C)=C1C2(C)C. The van der Waals surface area contributed by atoms with Crippen LogP contribution < -0.4 is 5.32 Å². The standard InChI is InChI=1S/C65H107NO13Si2/c1-17-24-25-26-27-28-29-30-31-32-33-34-35-36-37-38-39-40-41-42-54(68)76-56-55-47(8)50(73-45-51(78-80(18-2,19-3)20-4)48(9)66-60(70)77-61(11,12)13)44-65(72,62(55,14)15)59(75-49(10)67)57-63(16,58(56)69)52(43-53-64(57,71)46-74-53)79-81(21-5,22-6)23-7/h24-25,27-28,30-31,33-34,36-37,39-40,48,50-53,56-57,59,71-72H,17-23,26,29,32,35,38,41-46H2,1-16H3,(H,66,70)/b25-24-,28-27-,31-30-,34-33-,37-36-,40-39-/t48-,50-,51-,52-,53+,56+,57-,59-,63+,64-,65+/m0/s1. The van der Waals surface area contributed by atoms with Crippen molar-refractivity contribution >= 4 is 40.4 Å². The van der Waals surface area contributed by atoms with Crippen LogP contribution in [0.25, 0.3) is 0 Å². The molecule has 0 spiro atoms. The molecule has 1 saturated heterocycles. The van der Waals surface area contributed by atoms with Crippen molar-refractivity contribution in [1.29, 1.82) is 0 Å². The molecule has 4 aliphatic rings. The summed E-state index contributed by atoms with van der Waals surface area (Å²) in [7, 11) is -4.90. The van der Waals surface area contributed by atoms with Gasteiger partial charge in [0.15, 0.2) is 28.5 Å². The lowest BCUT2D eigenvalue weighted by atomic mass is 9.44. The van der Waals surface area contributed by atoms with Crippen LogP contribution in [0.3, 0.4) is 0 Å². The van der Waals surface area contributed by atoms with E-state index in [9.17, 15) is 24.6 Å². The molecule has 3 fully saturated rings. The van der Waals surface area contributed by atoms with E-state index >= 15 is 4.79 Å². The second-order valence-corrected chi connectivity index (χ2v) is 34.3. The molecule has 458 valence electrons. The monoisotopic (exact) mass is 1170 g/mol. The molecule has 3 N–H and O–H groups in total. The molecule has 4 rings (SSSR count). The third kappa shape index (κ3) is 17.0. The number of allylic oxidation sites excluding steroid dienone is 12. The number of ketones is 1. The quantitative estimate of drug-likeness (QED) is 0.0258. The Bertz CT molecular complexity index is 2270. The van der Waals surface area contributed by atoms with E-state index in [1.54, 1.807) is 41.5 Å². The smallest absolute Gasteiger partial charge is 0.407 e. The zero-order chi connectivity index (χ0) is 60.5. The first kappa shape index (κ1) is 69.7. The molecule has 16 heteroatoms. The predicted octanol–water partition coefficient (Wildman–Crippen LogP) is 13.6. The van der Waals surface area contributed by atoms with Crippen LogP contribution in [0.5, 0.6) is 0 Å². The van der Waals surface area contributed by atoms with Crippen molar-refractivity contribution in [2.45, 2.75) is 271 Å². The maximum absolute atomic E-state index is 16.5. The Morgan fingerprint density at radius 3 is 1.73 bits per heavy atom. The number of carbonyl (C=O) groups excluding carboxylic acids is 4. The number of fused-ring (bicyclic) bond motifs is 5. The number of nitrogens with one attached hydrogen (secondary N) is 1. The molecule has 0 radical (unpaired) electrons. The van der Waals surface area contributed by atoms with Gasteiger partial charge in [0.25, 0.3) is 0 Å². The summed E-state index contributed by atoms with van der Waals surface area (Å²) in [5.74, 6) is -3.10. The highest BCUT2D eigenvalue weighted by Crippen LogP contribution is 2.64. The average molecular weight is 1170 g/mol. The first-order chi connectivity index (χ1) is 38.2. The van der Waals surface area contributed by atoms with E-state index in [2.05, 4.69) is 115 Å². The fourth-order valence-electron chi connectivity index (χ4n) is 12.8. The molecule has 2 bridgehead atoms. The molecule has 0 unspecified atom stereocenters. The summed E-state index contributed by atoms with van der Waals surface area (Å²) < 4.78 is 46.3. The minimum absolute atomic E-state index is 0.0318. The highest BCUT2D eigenvalue weighted by atomic mass is 28.4. The van der Waals surface area contributed by atoms with Gasteiger partial charge in [-0.3, -0.25) is 14.4 Å². The van der Waals surface area contributed by atoms with Crippen molar-refractivity contribution in [2.24, 2.45) is 16.7 Å². The number of ether oxygens (including phenoxy) is 5. The van der Waals surface area contributed by atoms with Crippen LogP contribution in [0, 0.1) is 16.7 Å². The number of alkyl carbamates (subject to hydrolysis) is 1. The highest BCUT2D eigenvalue weighted by molar-refractivity contribution is 6.74. The summed E-state index contributed by atoms with van der Waals surface area (Å²) >= 11 is 0. The van der Waals surface area contributed by atoms with Gasteiger partial charge in [-0.25, -0.2) is 4.79 Å². The number of amides is 1. The number of Topliss-reactive ketones (excluding diaryl/α,β-unsaturated/α-hetero) is 1. The van der Waals surface area contributed by atoms with Crippen LogP contribution in [0.1, 0.15) is 175 Å². The van der Waals surface area contributed by atoms with Crippen LogP contribution in [0.2, 0.25) is 36.3 Å². The minimum Gasteiger partial charge on any atom is -0.459 e. The number of hydrogen-bond acceptors (Lipinski definition) is 13. The molecular formula is C65H107NO13Si2. The van der Waals surface area contributed by atoms with Crippen LogP contribution in [0.4, 0.5) is 4.79 Å². The van der Waals surface area contributed by atoms with Gasteiger partial charge in [0.05, 0.1) is 49.1 Å². The van der Waals surface area contributed by atoms with Gasteiger partial charge in [0.1, 0.15) is 22.9 Å². The van der Waals surface area contributed by atoms with Crippen LogP contribution in [0.15, 0.2) is 84.1 Å². The lowest BCUT2D eigenvalue weighted by molar-refractivity contribution is -0.344. The summed E-state index contributed by atoms with van der Waals surface area (Å²) in [6, 6.07) is 4.17. The maximum atomic E-state index is 16.5. The van der Waals surface area contributed by atoms with Gasteiger partial charge in [0, 0.05) is 37.5 Å². The second kappa shape index (κ2) is 30.9. The lowest BCUT2D eigenvalue weighted by Gasteiger charge is -2.68.